The van der Waals surface area contributed by atoms with Crippen LogP contribution in [-0.4, -0.2) is 11.5 Å². The number of hydrogen-bond acceptors (Lipinski definition) is 2. The largest absolute Gasteiger partial charge is 0.309 e. The van der Waals surface area contributed by atoms with Crippen LogP contribution >= 0.6 is 0 Å². The minimum Gasteiger partial charge on any atom is -0.309 e. The average Bonchev–Trinajstić information content (AvgIpc) is 2.15. The average molecular weight is 164 g/mol. The van der Waals surface area contributed by atoms with Crippen molar-refractivity contribution in [3.05, 3.63) is 30.1 Å². The molecule has 1 aromatic rings. The molecule has 0 saturated carbocycles. The maximum absolute atomic E-state index is 4.27. The second-order valence-electron chi connectivity index (χ2n) is 2.93. The smallest absolute Gasteiger partial charge is 0.0570 e. The summed E-state index contributed by atoms with van der Waals surface area (Å²) in [6.07, 6.45) is 3.00. The Balaban J connectivity index is 2.48. The number of rotatable bonds is 4. The van der Waals surface area contributed by atoms with Gasteiger partial charge in [0.15, 0.2) is 0 Å². The van der Waals surface area contributed by atoms with Gasteiger partial charge in [-0.15, -0.1) is 0 Å². The van der Waals surface area contributed by atoms with Gasteiger partial charge in [0.25, 0.3) is 0 Å². The lowest BCUT2D eigenvalue weighted by atomic mass is 10.2. The zero-order valence-corrected chi connectivity index (χ0v) is 7.75. The summed E-state index contributed by atoms with van der Waals surface area (Å²) in [5.74, 6) is 0. The molecule has 0 spiro atoms. The third-order valence-electron chi connectivity index (χ3n) is 1.83. The van der Waals surface area contributed by atoms with E-state index >= 15 is 0 Å². The fourth-order valence-electron chi connectivity index (χ4n) is 1.10. The predicted octanol–water partition coefficient (Wildman–Crippen LogP) is 2.14. The summed E-state index contributed by atoms with van der Waals surface area (Å²) >= 11 is 0. The van der Waals surface area contributed by atoms with Crippen molar-refractivity contribution in [2.75, 3.05) is 6.54 Å². The molecule has 0 aliphatic rings. The topological polar surface area (TPSA) is 24.9 Å². The number of pyridine rings is 1. The second kappa shape index (κ2) is 4.88. The highest BCUT2D eigenvalue weighted by Gasteiger charge is 2.02. The van der Waals surface area contributed by atoms with Gasteiger partial charge in [-0.2, -0.15) is 0 Å². The highest BCUT2D eigenvalue weighted by molar-refractivity contribution is 5.07. The summed E-state index contributed by atoms with van der Waals surface area (Å²) in [6.45, 7) is 5.36. The highest BCUT2D eigenvalue weighted by atomic mass is 14.9. The molecule has 12 heavy (non-hydrogen) atoms. The van der Waals surface area contributed by atoms with E-state index in [1.807, 2.05) is 24.4 Å². The third kappa shape index (κ3) is 2.62. The van der Waals surface area contributed by atoms with Crippen molar-refractivity contribution in [1.82, 2.24) is 10.3 Å². The molecule has 1 rings (SSSR count). The molecule has 1 heterocycles. The first kappa shape index (κ1) is 9.20. The highest BCUT2D eigenvalue weighted by Crippen LogP contribution is 2.06. The van der Waals surface area contributed by atoms with Crippen molar-refractivity contribution in [1.29, 1.82) is 0 Å². The van der Waals surface area contributed by atoms with E-state index in [0.717, 1.165) is 18.7 Å². The fourth-order valence-corrected chi connectivity index (χ4v) is 1.10. The van der Waals surface area contributed by atoms with E-state index in [0.29, 0.717) is 6.04 Å². The van der Waals surface area contributed by atoms with Crippen molar-refractivity contribution in [3.63, 3.8) is 0 Å². The molecule has 0 aliphatic heterocycles. The zero-order chi connectivity index (χ0) is 8.81. The molecule has 0 radical (unpaired) electrons. The van der Waals surface area contributed by atoms with Crippen LogP contribution < -0.4 is 5.32 Å². The molecule has 0 fully saturated rings. The predicted molar refractivity (Wildman–Crippen MR) is 50.9 cm³/mol. The maximum Gasteiger partial charge on any atom is 0.0570 e. The van der Waals surface area contributed by atoms with Gasteiger partial charge in [0, 0.05) is 12.2 Å². The maximum atomic E-state index is 4.27. The minimum absolute atomic E-state index is 0.367. The molecule has 2 heteroatoms. The van der Waals surface area contributed by atoms with Crippen molar-refractivity contribution >= 4 is 0 Å². The SMILES string of the molecule is CCCN[C@@H](C)c1ccccn1. The van der Waals surface area contributed by atoms with E-state index in [4.69, 9.17) is 0 Å². The minimum atomic E-state index is 0.367. The molecule has 0 saturated heterocycles. The lowest BCUT2D eigenvalue weighted by Gasteiger charge is -2.11. The van der Waals surface area contributed by atoms with Crippen LogP contribution in [0.2, 0.25) is 0 Å². The molecule has 1 atom stereocenters. The first-order chi connectivity index (χ1) is 5.84. The first-order valence-electron chi connectivity index (χ1n) is 4.49. The van der Waals surface area contributed by atoms with Crippen molar-refractivity contribution < 1.29 is 0 Å². The van der Waals surface area contributed by atoms with Crippen molar-refractivity contribution in [3.8, 4) is 0 Å². The van der Waals surface area contributed by atoms with E-state index in [-0.39, 0.29) is 0 Å². The van der Waals surface area contributed by atoms with E-state index in [2.05, 4.69) is 24.1 Å². The Kier molecular flexibility index (Phi) is 3.74. The molecule has 66 valence electrons. The van der Waals surface area contributed by atoms with Gasteiger partial charge >= 0.3 is 0 Å². The number of aromatic nitrogens is 1. The summed E-state index contributed by atoms with van der Waals surface area (Å²) in [5, 5.41) is 3.39. The van der Waals surface area contributed by atoms with Gasteiger partial charge in [-0.05, 0) is 32.0 Å². The van der Waals surface area contributed by atoms with Gasteiger partial charge in [0.2, 0.25) is 0 Å². The molecular formula is C10H16N2. The van der Waals surface area contributed by atoms with E-state index in [9.17, 15) is 0 Å². The third-order valence-corrected chi connectivity index (χ3v) is 1.83. The molecule has 0 unspecified atom stereocenters. The van der Waals surface area contributed by atoms with Crippen LogP contribution in [-0.2, 0) is 0 Å². The summed E-state index contributed by atoms with van der Waals surface area (Å²) < 4.78 is 0. The van der Waals surface area contributed by atoms with Crippen LogP contribution in [0.3, 0.4) is 0 Å². The molecule has 0 amide bonds. The van der Waals surface area contributed by atoms with Crippen LogP contribution in [0.5, 0.6) is 0 Å². The van der Waals surface area contributed by atoms with Crippen molar-refractivity contribution in [2.24, 2.45) is 0 Å². The molecule has 0 bridgehead atoms. The zero-order valence-electron chi connectivity index (χ0n) is 7.75. The Morgan fingerprint density at radius 1 is 1.50 bits per heavy atom. The van der Waals surface area contributed by atoms with Crippen LogP contribution in [0.4, 0.5) is 0 Å². The number of hydrogen-bond donors (Lipinski definition) is 1. The lowest BCUT2D eigenvalue weighted by molar-refractivity contribution is 0.558. The van der Waals surface area contributed by atoms with Crippen LogP contribution in [0.1, 0.15) is 32.0 Å². The monoisotopic (exact) mass is 164 g/mol. The lowest BCUT2D eigenvalue weighted by Crippen LogP contribution is -2.19. The number of nitrogens with zero attached hydrogens (tertiary/aromatic N) is 1. The molecule has 0 aliphatic carbocycles. The summed E-state index contributed by atoms with van der Waals surface area (Å²) in [5.41, 5.74) is 1.12. The van der Waals surface area contributed by atoms with Gasteiger partial charge in [-0.3, -0.25) is 4.98 Å². The van der Waals surface area contributed by atoms with Crippen LogP contribution in [0, 0.1) is 0 Å². The Morgan fingerprint density at radius 2 is 2.33 bits per heavy atom. The Labute approximate surface area is 74.0 Å². The van der Waals surface area contributed by atoms with Crippen LogP contribution in [0.15, 0.2) is 24.4 Å². The summed E-state index contributed by atoms with van der Waals surface area (Å²) in [4.78, 5) is 4.27. The van der Waals surface area contributed by atoms with E-state index in [1.165, 1.54) is 0 Å². The Morgan fingerprint density at radius 3 is 2.92 bits per heavy atom. The summed E-state index contributed by atoms with van der Waals surface area (Å²) in [6, 6.07) is 6.38. The first-order valence-corrected chi connectivity index (χ1v) is 4.49. The van der Waals surface area contributed by atoms with Crippen LogP contribution in [0.25, 0.3) is 0 Å². The number of nitrogens with one attached hydrogen (secondary N) is 1. The molecule has 1 N–H and O–H groups in total. The van der Waals surface area contributed by atoms with Gasteiger partial charge in [-0.25, -0.2) is 0 Å². The standard InChI is InChI=1S/C10H16N2/c1-3-7-11-9(2)10-6-4-5-8-12-10/h4-6,8-9,11H,3,7H2,1-2H3/t9-/m0/s1. The fraction of sp³-hybridized carbons (Fsp3) is 0.500. The molecule has 1 aromatic heterocycles. The molecule has 0 aromatic carbocycles. The normalized spacial score (nSPS) is 12.8. The second-order valence-corrected chi connectivity index (χ2v) is 2.93. The van der Waals surface area contributed by atoms with Gasteiger partial charge in [0.1, 0.15) is 0 Å². The quantitative estimate of drug-likeness (QED) is 0.737. The van der Waals surface area contributed by atoms with Gasteiger partial charge in [0.05, 0.1) is 5.69 Å². The summed E-state index contributed by atoms with van der Waals surface area (Å²) in [7, 11) is 0. The van der Waals surface area contributed by atoms with Crippen molar-refractivity contribution in [2.45, 2.75) is 26.3 Å². The molecular weight excluding hydrogens is 148 g/mol. The van der Waals surface area contributed by atoms with Gasteiger partial charge < -0.3 is 5.32 Å². The van der Waals surface area contributed by atoms with E-state index in [1.54, 1.807) is 0 Å². The Hall–Kier alpha value is -0.890. The Bertz CT molecular complexity index is 208. The van der Waals surface area contributed by atoms with Gasteiger partial charge in [-0.1, -0.05) is 13.0 Å². The molecule has 2 nitrogen and oxygen atoms in total. The van der Waals surface area contributed by atoms with E-state index < -0.39 is 0 Å².